The maximum Gasteiger partial charge on any atom is 0.252 e. The quantitative estimate of drug-likeness (QED) is 0.582. The summed E-state index contributed by atoms with van der Waals surface area (Å²) in [6.07, 6.45) is -0.692. The molecule has 0 saturated carbocycles. The van der Waals surface area contributed by atoms with Gasteiger partial charge in [-0.2, -0.15) is 0 Å². The van der Waals surface area contributed by atoms with Gasteiger partial charge in [0.1, 0.15) is 18.5 Å². The van der Waals surface area contributed by atoms with Crippen molar-refractivity contribution < 1.29 is 9.84 Å². The number of fused-ring (bicyclic) bond motifs is 1. The molecule has 2 aromatic carbocycles. The van der Waals surface area contributed by atoms with Gasteiger partial charge >= 0.3 is 0 Å². The highest BCUT2D eigenvalue weighted by atomic mass is 35.5. The van der Waals surface area contributed by atoms with Gasteiger partial charge in [-0.3, -0.25) is 4.79 Å². The molecule has 1 aromatic heterocycles. The van der Waals surface area contributed by atoms with E-state index >= 15 is 0 Å². The minimum absolute atomic E-state index is 0.122. The lowest BCUT2D eigenvalue weighted by Gasteiger charge is -2.14. The molecule has 0 radical (unpaired) electrons. The molecule has 142 valence electrons. The second-order valence-electron chi connectivity index (χ2n) is 6.72. The Hall–Kier alpha value is -2.34. The molecule has 6 heteroatoms. The van der Waals surface area contributed by atoms with E-state index in [0.717, 1.165) is 22.0 Å². The zero-order valence-corrected chi connectivity index (χ0v) is 16.1. The number of rotatable bonds is 7. The van der Waals surface area contributed by atoms with E-state index < -0.39 is 6.10 Å². The predicted octanol–water partition coefficient (Wildman–Crippen LogP) is 3.33. The van der Waals surface area contributed by atoms with E-state index in [1.165, 1.54) is 0 Å². The average Bonchev–Trinajstić information content (AvgIpc) is 2.63. The van der Waals surface area contributed by atoms with Crippen LogP contribution < -0.4 is 15.6 Å². The number of aryl methyl sites for hydroxylation is 2. The summed E-state index contributed by atoms with van der Waals surface area (Å²) in [7, 11) is 0. The molecule has 0 saturated heterocycles. The van der Waals surface area contributed by atoms with Crippen LogP contribution >= 0.6 is 11.6 Å². The Labute approximate surface area is 163 Å². The van der Waals surface area contributed by atoms with Crippen molar-refractivity contribution in [3.8, 4) is 5.75 Å². The average molecular weight is 387 g/mol. The molecule has 0 bridgehead atoms. The number of pyridine rings is 1. The SMILES string of the molecule is Cc1ccc2cc(CNC[C@@H](O)COc3ccc(Cl)c(C)c3)c(=O)[nH]c2c1. The molecule has 0 amide bonds. The smallest absolute Gasteiger partial charge is 0.252 e. The standard InChI is InChI=1S/C21H23ClN2O3/c1-13-3-4-15-9-16(21(26)24-20(15)7-13)10-23-11-17(25)12-27-18-5-6-19(22)14(2)8-18/h3-9,17,23,25H,10-12H2,1-2H3,(H,24,26)/t17-/m1/s1. The predicted molar refractivity (Wildman–Crippen MR) is 109 cm³/mol. The number of aromatic amines is 1. The lowest BCUT2D eigenvalue weighted by molar-refractivity contribution is 0.106. The first-order valence-electron chi connectivity index (χ1n) is 8.82. The van der Waals surface area contributed by atoms with Crippen LogP contribution in [0.25, 0.3) is 10.9 Å². The molecule has 5 nitrogen and oxygen atoms in total. The largest absolute Gasteiger partial charge is 0.491 e. The summed E-state index contributed by atoms with van der Waals surface area (Å²) in [5.41, 5.74) is 3.36. The third kappa shape index (κ3) is 5.10. The third-order valence-corrected chi connectivity index (χ3v) is 4.77. The molecule has 0 spiro atoms. The highest BCUT2D eigenvalue weighted by molar-refractivity contribution is 6.31. The molecule has 0 aliphatic heterocycles. The molecular weight excluding hydrogens is 364 g/mol. The number of ether oxygens (including phenoxy) is 1. The zero-order chi connectivity index (χ0) is 19.4. The van der Waals surface area contributed by atoms with Crippen molar-refractivity contribution in [1.29, 1.82) is 0 Å². The van der Waals surface area contributed by atoms with Gasteiger partial charge < -0.3 is 20.1 Å². The van der Waals surface area contributed by atoms with E-state index in [0.29, 0.717) is 29.4 Å². The summed E-state index contributed by atoms with van der Waals surface area (Å²) in [6, 6.07) is 13.2. The van der Waals surface area contributed by atoms with Crippen LogP contribution in [-0.4, -0.2) is 29.3 Å². The number of aromatic nitrogens is 1. The topological polar surface area (TPSA) is 74.3 Å². The molecule has 0 fully saturated rings. The van der Waals surface area contributed by atoms with E-state index in [4.69, 9.17) is 16.3 Å². The van der Waals surface area contributed by atoms with E-state index in [1.54, 1.807) is 12.1 Å². The first-order valence-corrected chi connectivity index (χ1v) is 9.20. The Balaban J connectivity index is 1.52. The minimum Gasteiger partial charge on any atom is -0.491 e. The van der Waals surface area contributed by atoms with E-state index in [2.05, 4.69) is 10.3 Å². The minimum atomic E-state index is -0.692. The molecule has 27 heavy (non-hydrogen) atoms. The summed E-state index contributed by atoms with van der Waals surface area (Å²) >= 11 is 5.98. The fourth-order valence-electron chi connectivity index (χ4n) is 2.82. The van der Waals surface area contributed by atoms with Crippen molar-refractivity contribution in [2.24, 2.45) is 0 Å². The molecule has 1 atom stereocenters. The van der Waals surface area contributed by atoms with Crippen molar-refractivity contribution >= 4 is 22.5 Å². The highest BCUT2D eigenvalue weighted by Crippen LogP contribution is 2.21. The van der Waals surface area contributed by atoms with Crippen LogP contribution in [0.2, 0.25) is 5.02 Å². The Morgan fingerprint density at radius 3 is 2.78 bits per heavy atom. The maximum absolute atomic E-state index is 12.2. The lowest BCUT2D eigenvalue weighted by atomic mass is 10.1. The van der Waals surface area contributed by atoms with Crippen LogP contribution in [0.4, 0.5) is 0 Å². The molecule has 0 aliphatic carbocycles. The van der Waals surface area contributed by atoms with Crippen molar-refractivity contribution in [2.45, 2.75) is 26.5 Å². The number of aliphatic hydroxyl groups excluding tert-OH is 1. The van der Waals surface area contributed by atoms with E-state index in [-0.39, 0.29) is 12.2 Å². The third-order valence-electron chi connectivity index (χ3n) is 4.35. The number of nitrogens with one attached hydrogen (secondary N) is 2. The number of hydrogen-bond acceptors (Lipinski definition) is 4. The second-order valence-corrected chi connectivity index (χ2v) is 7.13. The van der Waals surface area contributed by atoms with Gasteiger partial charge in [-0.15, -0.1) is 0 Å². The number of benzene rings is 2. The fraction of sp³-hybridized carbons (Fsp3) is 0.286. The van der Waals surface area contributed by atoms with Crippen LogP contribution in [-0.2, 0) is 6.54 Å². The molecule has 1 heterocycles. The monoisotopic (exact) mass is 386 g/mol. The highest BCUT2D eigenvalue weighted by Gasteiger charge is 2.08. The zero-order valence-electron chi connectivity index (χ0n) is 15.4. The lowest BCUT2D eigenvalue weighted by Crippen LogP contribution is -2.32. The number of aliphatic hydroxyl groups is 1. The van der Waals surface area contributed by atoms with Crippen molar-refractivity contribution in [3.63, 3.8) is 0 Å². The van der Waals surface area contributed by atoms with Crippen molar-refractivity contribution in [3.05, 3.63) is 74.5 Å². The number of halogens is 1. The Bertz CT molecular complexity index is 1000. The molecule has 0 unspecified atom stereocenters. The first-order chi connectivity index (χ1) is 12.9. The van der Waals surface area contributed by atoms with Crippen LogP contribution in [0.1, 0.15) is 16.7 Å². The van der Waals surface area contributed by atoms with Crippen molar-refractivity contribution in [2.75, 3.05) is 13.2 Å². The van der Waals surface area contributed by atoms with Gasteiger partial charge in [0, 0.05) is 29.2 Å². The first kappa shape index (κ1) is 19.4. The second kappa shape index (κ2) is 8.57. The van der Waals surface area contributed by atoms with Crippen LogP contribution in [0.5, 0.6) is 5.75 Å². The van der Waals surface area contributed by atoms with Gasteiger partial charge in [0.15, 0.2) is 0 Å². The fourth-order valence-corrected chi connectivity index (χ4v) is 2.94. The summed E-state index contributed by atoms with van der Waals surface area (Å²) in [6.45, 7) is 4.73. The Morgan fingerprint density at radius 2 is 2.00 bits per heavy atom. The Kier molecular flexibility index (Phi) is 6.16. The van der Waals surface area contributed by atoms with Crippen LogP contribution in [0.3, 0.4) is 0 Å². The summed E-state index contributed by atoms with van der Waals surface area (Å²) in [4.78, 5) is 15.1. The summed E-state index contributed by atoms with van der Waals surface area (Å²) in [5.74, 6) is 0.664. The Morgan fingerprint density at radius 1 is 1.19 bits per heavy atom. The summed E-state index contributed by atoms with van der Waals surface area (Å²) in [5, 5.41) is 14.9. The van der Waals surface area contributed by atoms with Gasteiger partial charge in [-0.05, 0) is 60.7 Å². The van der Waals surface area contributed by atoms with E-state index in [9.17, 15) is 9.90 Å². The van der Waals surface area contributed by atoms with Crippen LogP contribution in [0.15, 0.2) is 47.3 Å². The van der Waals surface area contributed by atoms with Crippen LogP contribution in [0, 0.1) is 13.8 Å². The molecule has 3 N–H and O–H groups in total. The van der Waals surface area contributed by atoms with Gasteiger partial charge in [0.05, 0.1) is 0 Å². The van der Waals surface area contributed by atoms with Gasteiger partial charge in [-0.1, -0.05) is 23.7 Å². The normalized spacial score (nSPS) is 12.3. The molecule has 0 aliphatic rings. The molecule has 3 aromatic rings. The number of hydrogen-bond donors (Lipinski definition) is 3. The van der Waals surface area contributed by atoms with Gasteiger partial charge in [0.2, 0.25) is 0 Å². The summed E-state index contributed by atoms with van der Waals surface area (Å²) < 4.78 is 5.58. The molecular formula is C21H23ClN2O3. The number of H-pyrrole nitrogens is 1. The van der Waals surface area contributed by atoms with Crippen molar-refractivity contribution in [1.82, 2.24) is 10.3 Å². The molecule has 3 rings (SSSR count). The maximum atomic E-state index is 12.2. The van der Waals surface area contributed by atoms with Gasteiger partial charge in [0.25, 0.3) is 5.56 Å². The van der Waals surface area contributed by atoms with Gasteiger partial charge in [-0.25, -0.2) is 0 Å². The van der Waals surface area contributed by atoms with E-state index in [1.807, 2.05) is 44.2 Å².